The predicted molar refractivity (Wildman–Crippen MR) is 88.8 cm³/mol. The third kappa shape index (κ3) is 3.35. The highest BCUT2D eigenvalue weighted by atomic mass is 32.1. The van der Waals surface area contributed by atoms with E-state index >= 15 is 0 Å². The standard InChI is InChI=1S/C16H13FN4OS/c1-22-14-7-5-12(6-8-14)15-19-20-16(23)21(15)18-10-11-3-2-4-13(17)9-11/h2-10H,1H3,(H,20,23)/b18-10+. The van der Waals surface area contributed by atoms with Crippen LogP contribution >= 0.6 is 12.2 Å². The zero-order chi connectivity index (χ0) is 16.2. The maximum Gasteiger partial charge on any atom is 0.216 e. The van der Waals surface area contributed by atoms with E-state index in [2.05, 4.69) is 15.3 Å². The van der Waals surface area contributed by atoms with E-state index in [0.717, 1.165) is 11.3 Å². The first-order valence-electron chi connectivity index (χ1n) is 6.79. The van der Waals surface area contributed by atoms with E-state index in [9.17, 15) is 4.39 Å². The number of nitrogens with one attached hydrogen (secondary N) is 1. The van der Waals surface area contributed by atoms with Gasteiger partial charge in [0.05, 0.1) is 13.3 Å². The van der Waals surface area contributed by atoms with Gasteiger partial charge in [0, 0.05) is 5.56 Å². The quantitative estimate of drug-likeness (QED) is 0.588. The number of aromatic nitrogens is 3. The van der Waals surface area contributed by atoms with Crippen LogP contribution in [-0.2, 0) is 0 Å². The van der Waals surface area contributed by atoms with E-state index in [1.165, 1.54) is 23.0 Å². The van der Waals surface area contributed by atoms with Gasteiger partial charge in [-0.25, -0.2) is 9.49 Å². The fourth-order valence-electron chi connectivity index (χ4n) is 2.04. The van der Waals surface area contributed by atoms with Crippen LogP contribution in [0.25, 0.3) is 11.4 Å². The molecule has 0 saturated carbocycles. The lowest BCUT2D eigenvalue weighted by Crippen LogP contribution is -1.95. The van der Waals surface area contributed by atoms with Crippen LogP contribution in [0.5, 0.6) is 5.75 Å². The van der Waals surface area contributed by atoms with Gasteiger partial charge < -0.3 is 4.74 Å². The summed E-state index contributed by atoms with van der Waals surface area (Å²) in [6.45, 7) is 0. The second-order valence-corrected chi connectivity index (χ2v) is 5.08. The van der Waals surface area contributed by atoms with Crippen LogP contribution < -0.4 is 4.74 Å². The van der Waals surface area contributed by atoms with Crippen molar-refractivity contribution >= 4 is 18.4 Å². The highest BCUT2D eigenvalue weighted by Crippen LogP contribution is 2.20. The number of aromatic amines is 1. The van der Waals surface area contributed by atoms with E-state index in [4.69, 9.17) is 17.0 Å². The SMILES string of the molecule is COc1ccc(-c2n[nH]c(=S)n2/N=C/c2cccc(F)c2)cc1. The first-order chi connectivity index (χ1) is 11.2. The number of H-pyrrole nitrogens is 1. The topological polar surface area (TPSA) is 55.2 Å². The second-order valence-electron chi connectivity index (χ2n) is 4.69. The Bertz CT molecular complexity index is 899. The summed E-state index contributed by atoms with van der Waals surface area (Å²) in [5.74, 6) is 0.989. The van der Waals surface area contributed by atoms with Crippen molar-refractivity contribution in [3.8, 4) is 17.1 Å². The molecule has 23 heavy (non-hydrogen) atoms. The lowest BCUT2D eigenvalue weighted by atomic mass is 10.2. The van der Waals surface area contributed by atoms with Crippen LogP contribution in [0.4, 0.5) is 4.39 Å². The molecular weight excluding hydrogens is 315 g/mol. The van der Waals surface area contributed by atoms with Gasteiger partial charge >= 0.3 is 0 Å². The largest absolute Gasteiger partial charge is 0.497 e. The van der Waals surface area contributed by atoms with Crippen LogP contribution in [-0.4, -0.2) is 28.2 Å². The lowest BCUT2D eigenvalue weighted by molar-refractivity contribution is 0.415. The molecule has 3 rings (SSSR count). The summed E-state index contributed by atoms with van der Waals surface area (Å²) in [4.78, 5) is 0. The van der Waals surface area contributed by atoms with Gasteiger partial charge in [-0.05, 0) is 54.2 Å². The van der Waals surface area contributed by atoms with Crippen LogP contribution in [0.15, 0.2) is 53.6 Å². The smallest absolute Gasteiger partial charge is 0.216 e. The molecule has 0 bridgehead atoms. The van der Waals surface area contributed by atoms with Gasteiger partial charge in [0.25, 0.3) is 0 Å². The van der Waals surface area contributed by atoms with E-state index in [0.29, 0.717) is 16.2 Å². The molecule has 0 fully saturated rings. The molecule has 1 aromatic heterocycles. The van der Waals surface area contributed by atoms with Crippen molar-refractivity contribution < 1.29 is 9.13 Å². The maximum atomic E-state index is 13.2. The number of benzene rings is 2. The zero-order valence-electron chi connectivity index (χ0n) is 12.2. The molecule has 0 amide bonds. The summed E-state index contributed by atoms with van der Waals surface area (Å²) in [6.07, 6.45) is 1.53. The number of hydrogen-bond acceptors (Lipinski definition) is 4. The number of nitrogens with zero attached hydrogens (tertiary/aromatic N) is 3. The molecule has 0 aliphatic heterocycles. The molecule has 116 valence electrons. The highest BCUT2D eigenvalue weighted by Gasteiger charge is 2.08. The Morgan fingerprint density at radius 1 is 1.26 bits per heavy atom. The summed E-state index contributed by atoms with van der Waals surface area (Å²) in [6, 6.07) is 13.5. The van der Waals surface area contributed by atoms with E-state index in [1.807, 2.05) is 24.3 Å². The Labute approximate surface area is 137 Å². The Morgan fingerprint density at radius 2 is 2.04 bits per heavy atom. The molecule has 0 radical (unpaired) electrons. The van der Waals surface area contributed by atoms with Gasteiger partial charge in [-0.2, -0.15) is 14.9 Å². The van der Waals surface area contributed by atoms with Gasteiger partial charge in [0.15, 0.2) is 5.82 Å². The van der Waals surface area contributed by atoms with Crippen molar-refractivity contribution in [1.29, 1.82) is 0 Å². The molecule has 2 aromatic carbocycles. The summed E-state index contributed by atoms with van der Waals surface area (Å²) in [7, 11) is 1.61. The van der Waals surface area contributed by atoms with Gasteiger partial charge in [0.2, 0.25) is 4.77 Å². The molecule has 0 saturated heterocycles. The monoisotopic (exact) mass is 328 g/mol. The molecular formula is C16H13FN4OS. The molecule has 5 nitrogen and oxygen atoms in total. The third-order valence-electron chi connectivity index (χ3n) is 3.17. The predicted octanol–water partition coefficient (Wildman–Crippen LogP) is 3.64. The first-order valence-corrected chi connectivity index (χ1v) is 7.20. The summed E-state index contributed by atoms with van der Waals surface area (Å²) in [5.41, 5.74) is 1.46. The number of hydrogen-bond donors (Lipinski definition) is 1. The van der Waals surface area contributed by atoms with Gasteiger partial charge in [-0.15, -0.1) is 0 Å². The highest BCUT2D eigenvalue weighted by molar-refractivity contribution is 7.71. The van der Waals surface area contributed by atoms with Crippen molar-refractivity contribution in [1.82, 2.24) is 14.9 Å². The van der Waals surface area contributed by atoms with Crippen LogP contribution in [0.2, 0.25) is 0 Å². The summed E-state index contributed by atoms with van der Waals surface area (Å²) in [5, 5.41) is 11.2. The lowest BCUT2D eigenvalue weighted by Gasteiger charge is -2.03. The fraction of sp³-hybridized carbons (Fsp3) is 0.0625. The Balaban J connectivity index is 1.96. The van der Waals surface area contributed by atoms with E-state index in [1.54, 1.807) is 19.2 Å². The van der Waals surface area contributed by atoms with Crippen molar-refractivity contribution in [2.45, 2.75) is 0 Å². The van der Waals surface area contributed by atoms with Gasteiger partial charge in [-0.3, -0.25) is 0 Å². The van der Waals surface area contributed by atoms with Crippen molar-refractivity contribution in [2.75, 3.05) is 7.11 Å². The molecule has 0 spiro atoms. The first kappa shape index (κ1) is 15.1. The average Bonchev–Trinajstić information content (AvgIpc) is 2.94. The van der Waals surface area contributed by atoms with Crippen LogP contribution in [0.3, 0.4) is 0 Å². The van der Waals surface area contributed by atoms with Crippen molar-refractivity contribution in [3.05, 3.63) is 64.7 Å². The van der Waals surface area contributed by atoms with E-state index < -0.39 is 0 Å². The molecule has 1 N–H and O–H groups in total. The summed E-state index contributed by atoms with van der Waals surface area (Å²) < 4.78 is 20.2. The normalized spacial score (nSPS) is 11.0. The van der Waals surface area contributed by atoms with Gasteiger partial charge in [-0.1, -0.05) is 12.1 Å². The number of halogens is 1. The minimum Gasteiger partial charge on any atom is -0.497 e. The number of rotatable bonds is 4. The molecule has 0 aliphatic rings. The van der Waals surface area contributed by atoms with Crippen LogP contribution in [0.1, 0.15) is 5.56 Å². The minimum atomic E-state index is -0.319. The summed E-state index contributed by atoms with van der Waals surface area (Å²) >= 11 is 5.20. The molecule has 3 aromatic rings. The van der Waals surface area contributed by atoms with Crippen molar-refractivity contribution in [2.24, 2.45) is 5.10 Å². The molecule has 7 heteroatoms. The molecule has 0 aliphatic carbocycles. The third-order valence-corrected chi connectivity index (χ3v) is 3.43. The zero-order valence-corrected chi connectivity index (χ0v) is 13.0. The Kier molecular flexibility index (Phi) is 4.29. The molecule has 1 heterocycles. The molecule has 0 unspecified atom stereocenters. The minimum absolute atomic E-state index is 0.319. The maximum absolute atomic E-state index is 13.2. The van der Waals surface area contributed by atoms with E-state index in [-0.39, 0.29) is 5.82 Å². The number of methoxy groups -OCH3 is 1. The second kappa shape index (κ2) is 6.53. The Morgan fingerprint density at radius 3 is 2.74 bits per heavy atom. The van der Waals surface area contributed by atoms with Crippen molar-refractivity contribution in [3.63, 3.8) is 0 Å². The van der Waals surface area contributed by atoms with Gasteiger partial charge in [0.1, 0.15) is 11.6 Å². The van der Waals surface area contributed by atoms with Crippen LogP contribution in [0, 0.1) is 10.6 Å². The molecule has 0 atom stereocenters. The fourth-order valence-corrected chi connectivity index (χ4v) is 2.22. The Hall–Kier alpha value is -2.80. The average molecular weight is 328 g/mol. The number of ether oxygens (including phenoxy) is 1.